The van der Waals surface area contributed by atoms with Gasteiger partial charge in [0.15, 0.2) is 20.2 Å². The number of nitrogens with one attached hydrogen (secondary N) is 1. The Hall–Kier alpha value is -5.47. The summed E-state index contributed by atoms with van der Waals surface area (Å²) in [6.07, 6.45) is -0.224. The first-order valence-electron chi connectivity index (χ1n) is 19.6. The van der Waals surface area contributed by atoms with Crippen LogP contribution in [0.15, 0.2) is 140 Å². The highest BCUT2D eigenvalue weighted by molar-refractivity contribution is 7.96. The molecule has 0 radical (unpaired) electrons. The molecule has 7 rings (SSSR count). The smallest absolute Gasteiger partial charge is 0.339 e. The van der Waals surface area contributed by atoms with Gasteiger partial charge < -0.3 is 24.3 Å². The second-order valence-corrected chi connectivity index (χ2v) is 24.5. The standard InChI is InChI=1S/C48H50NO7PSi/c1-8-28-54-47(53)45(57(33-20-12-9-13-21-33,34-22-14-10-15-23-34)35-24-16-11-17-25-35)44(42-40(46(52)49-42)31(2)56-58(6,7)48(3,4)5)55-32-29-38-41(39(50)30-32)36-26-18-19-27-37(36)43(38)51/h8-27,29-31,40,42,44,50H,1,28H2,2-7H3,(H,49,52)/t31-,40-,42-,44?/m1/s1. The molecule has 0 bridgehead atoms. The lowest BCUT2D eigenvalue weighted by atomic mass is 9.81. The number of fused-ring (bicyclic) bond motifs is 3. The molecular weight excluding hydrogens is 762 g/mol. The van der Waals surface area contributed by atoms with E-state index in [0.29, 0.717) is 22.0 Å². The van der Waals surface area contributed by atoms with Crippen molar-refractivity contribution in [2.45, 2.75) is 64.1 Å². The summed E-state index contributed by atoms with van der Waals surface area (Å²) in [6, 6.07) is 39.0. The number of hydrogen-bond acceptors (Lipinski definition) is 7. The zero-order valence-corrected chi connectivity index (χ0v) is 35.7. The summed E-state index contributed by atoms with van der Waals surface area (Å²) in [5.74, 6) is -1.82. The van der Waals surface area contributed by atoms with Gasteiger partial charge in [0.25, 0.3) is 0 Å². The third-order valence-corrected chi connectivity index (χ3v) is 20.7. The van der Waals surface area contributed by atoms with Crippen LogP contribution in [0.5, 0.6) is 11.5 Å². The van der Waals surface area contributed by atoms with E-state index in [1.807, 2.05) is 104 Å². The fraction of sp³-hybridized carbons (Fsp3) is 0.250. The van der Waals surface area contributed by atoms with E-state index in [1.54, 1.807) is 24.3 Å². The molecule has 0 saturated carbocycles. The predicted octanol–water partition coefficient (Wildman–Crippen LogP) is 7.77. The van der Waals surface area contributed by atoms with Gasteiger partial charge in [-0.15, -0.1) is 0 Å². The SMILES string of the molecule is C=CCOC(=O)C(C(Oc1cc(O)c2c(c1)C(=O)c1ccccc1-2)[C@@H]1NC(=O)[C@@H]1[C@@H](C)O[Si](C)(C)C(C)(C)C)=P(c1ccccc1)(c1ccccc1)c1ccccc1. The molecule has 1 aliphatic heterocycles. The van der Waals surface area contributed by atoms with E-state index in [0.717, 1.165) is 15.9 Å². The van der Waals surface area contributed by atoms with Crippen LogP contribution in [0.2, 0.25) is 18.1 Å². The van der Waals surface area contributed by atoms with Crippen molar-refractivity contribution in [3.8, 4) is 22.6 Å². The first-order chi connectivity index (χ1) is 27.7. The molecule has 0 spiro atoms. The second-order valence-electron chi connectivity index (χ2n) is 16.4. The molecular formula is C48H50NO7PSi. The molecule has 58 heavy (non-hydrogen) atoms. The quantitative estimate of drug-likeness (QED) is 0.0403. The lowest BCUT2D eigenvalue weighted by Gasteiger charge is -2.48. The molecule has 1 fully saturated rings. The number of ketones is 1. The van der Waals surface area contributed by atoms with Crippen LogP contribution in [-0.2, 0) is 18.8 Å². The zero-order chi connectivity index (χ0) is 41.4. The maximum Gasteiger partial charge on any atom is 0.339 e. The second kappa shape index (κ2) is 16.1. The number of phenols is 1. The van der Waals surface area contributed by atoms with E-state index < -0.39 is 45.3 Å². The Morgan fingerprint density at radius 3 is 1.84 bits per heavy atom. The van der Waals surface area contributed by atoms with Crippen LogP contribution in [0, 0.1) is 5.92 Å². The van der Waals surface area contributed by atoms with Crippen LogP contribution >= 0.6 is 6.89 Å². The highest BCUT2D eigenvalue weighted by atomic mass is 31.2. The molecule has 1 saturated heterocycles. The molecule has 298 valence electrons. The van der Waals surface area contributed by atoms with Crippen molar-refractivity contribution in [2.75, 3.05) is 6.61 Å². The topological polar surface area (TPSA) is 111 Å². The Bertz CT molecular complexity index is 2320. The number of β-lactam (4-membered cyclic amide) rings is 1. The number of benzene rings is 5. The van der Waals surface area contributed by atoms with Crippen molar-refractivity contribution < 1.29 is 33.4 Å². The van der Waals surface area contributed by atoms with Crippen LogP contribution in [0.1, 0.15) is 43.6 Å². The molecule has 1 aliphatic carbocycles. The summed E-state index contributed by atoms with van der Waals surface area (Å²) >= 11 is 0. The van der Waals surface area contributed by atoms with Gasteiger partial charge in [-0.25, -0.2) is 4.79 Å². The number of aromatic hydroxyl groups is 1. The van der Waals surface area contributed by atoms with E-state index in [1.165, 1.54) is 12.1 Å². The fourth-order valence-electron chi connectivity index (χ4n) is 7.99. The lowest BCUT2D eigenvalue weighted by molar-refractivity contribution is -0.143. The number of ether oxygens (including phenoxy) is 2. The highest BCUT2D eigenvalue weighted by Gasteiger charge is 2.55. The molecule has 4 atom stereocenters. The summed E-state index contributed by atoms with van der Waals surface area (Å²) in [6.45, 7) is 13.2. The summed E-state index contributed by atoms with van der Waals surface area (Å²) in [5, 5.41) is 17.5. The molecule has 2 aliphatic rings. The van der Waals surface area contributed by atoms with Crippen LogP contribution in [0.3, 0.4) is 0 Å². The van der Waals surface area contributed by atoms with Crippen LogP contribution < -0.4 is 26.0 Å². The largest absolute Gasteiger partial charge is 0.507 e. The summed E-state index contributed by atoms with van der Waals surface area (Å²) in [4.78, 5) is 43.1. The van der Waals surface area contributed by atoms with Gasteiger partial charge in [0.2, 0.25) is 5.91 Å². The number of phenolic OH excluding ortho intramolecular Hbond substituents is 1. The Kier molecular flexibility index (Phi) is 11.3. The Balaban J connectivity index is 1.55. The van der Waals surface area contributed by atoms with E-state index in [2.05, 4.69) is 45.8 Å². The van der Waals surface area contributed by atoms with Crippen LogP contribution in [-0.4, -0.2) is 61.2 Å². The van der Waals surface area contributed by atoms with Gasteiger partial charge in [-0.2, -0.15) is 0 Å². The van der Waals surface area contributed by atoms with Gasteiger partial charge in [0.05, 0.1) is 23.4 Å². The monoisotopic (exact) mass is 811 g/mol. The fourth-order valence-corrected chi connectivity index (χ4v) is 13.9. The molecule has 0 aromatic heterocycles. The minimum Gasteiger partial charge on any atom is -0.507 e. The Morgan fingerprint density at radius 1 is 0.828 bits per heavy atom. The average molecular weight is 812 g/mol. The number of hydrogen-bond donors (Lipinski definition) is 2. The minimum absolute atomic E-state index is 0.0782. The van der Waals surface area contributed by atoms with Gasteiger partial charge in [0, 0.05) is 22.8 Å². The molecule has 5 aromatic rings. The van der Waals surface area contributed by atoms with Crippen molar-refractivity contribution in [2.24, 2.45) is 5.92 Å². The number of carbonyl (C=O) groups excluding carboxylic acids is 3. The van der Waals surface area contributed by atoms with Gasteiger partial charge in [-0.3, -0.25) is 9.59 Å². The van der Waals surface area contributed by atoms with Gasteiger partial charge in [-0.05, 0) is 59.5 Å². The van der Waals surface area contributed by atoms with Crippen molar-refractivity contribution in [3.05, 3.63) is 151 Å². The molecule has 5 aromatic carbocycles. The molecule has 1 amide bonds. The summed E-state index contributed by atoms with van der Waals surface area (Å²) in [7, 11) is -2.39. The predicted molar refractivity (Wildman–Crippen MR) is 236 cm³/mol. The van der Waals surface area contributed by atoms with Gasteiger partial charge in [-0.1, -0.05) is 149 Å². The van der Waals surface area contributed by atoms with E-state index >= 15 is 4.79 Å². The molecule has 1 unspecified atom stereocenters. The average Bonchev–Trinajstić information content (AvgIpc) is 3.49. The summed E-state index contributed by atoms with van der Waals surface area (Å²) in [5.41, 5.74) is 1.81. The number of esters is 1. The number of carbonyl (C=O) groups is 3. The first-order valence-corrected chi connectivity index (χ1v) is 24.3. The molecule has 10 heteroatoms. The Morgan fingerprint density at radius 2 is 1.34 bits per heavy atom. The van der Waals surface area contributed by atoms with Gasteiger partial charge in [0.1, 0.15) is 18.1 Å². The van der Waals surface area contributed by atoms with Crippen LogP contribution in [0.25, 0.3) is 11.1 Å². The third-order valence-electron chi connectivity index (χ3n) is 11.8. The molecule has 8 nitrogen and oxygen atoms in total. The minimum atomic E-state index is -3.25. The van der Waals surface area contributed by atoms with Crippen molar-refractivity contribution in [3.63, 3.8) is 0 Å². The number of amides is 1. The zero-order valence-electron chi connectivity index (χ0n) is 33.8. The first kappa shape index (κ1) is 40.7. The van der Waals surface area contributed by atoms with Crippen molar-refractivity contribution in [1.82, 2.24) is 5.32 Å². The molecule has 1 heterocycles. The van der Waals surface area contributed by atoms with Crippen molar-refractivity contribution >= 4 is 54.1 Å². The lowest BCUT2D eigenvalue weighted by Crippen LogP contribution is -2.70. The van der Waals surface area contributed by atoms with Crippen LogP contribution in [0.4, 0.5) is 0 Å². The van der Waals surface area contributed by atoms with Gasteiger partial charge >= 0.3 is 5.97 Å². The van der Waals surface area contributed by atoms with E-state index in [-0.39, 0.29) is 40.4 Å². The van der Waals surface area contributed by atoms with Crippen molar-refractivity contribution in [1.29, 1.82) is 0 Å². The Labute approximate surface area is 342 Å². The third kappa shape index (κ3) is 7.16. The number of rotatable bonds is 13. The maximum absolute atomic E-state index is 15.3. The maximum atomic E-state index is 15.3. The van der Waals surface area contributed by atoms with E-state index in [9.17, 15) is 14.7 Å². The highest BCUT2D eigenvalue weighted by Crippen LogP contribution is 2.50. The normalized spacial score (nSPS) is 17.2. The van der Waals surface area contributed by atoms with E-state index in [4.69, 9.17) is 13.9 Å². The summed E-state index contributed by atoms with van der Waals surface area (Å²) < 4.78 is 20.1. The molecule has 2 N–H and O–H groups in total.